The molecule has 1 heterocycles. The number of hydrogen-bond acceptors (Lipinski definition) is 4. The van der Waals surface area contributed by atoms with Crippen LogP contribution < -0.4 is 0 Å². The molecule has 0 unspecified atom stereocenters. The smallest absolute Gasteiger partial charge is 0.420 e. The monoisotopic (exact) mass is 266 g/mol. The van der Waals surface area contributed by atoms with Gasteiger partial charge in [-0.25, -0.2) is 14.3 Å². The van der Waals surface area contributed by atoms with Crippen molar-refractivity contribution in [2.24, 2.45) is 0 Å². The number of carbonyl (C=O) groups excluding carboxylic acids is 1. The molecule has 0 bridgehead atoms. The van der Waals surface area contributed by atoms with Gasteiger partial charge in [0.2, 0.25) is 0 Å². The summed E-state index contributed by atoms with van der Waals surface area (Å²) in [6.45, 7) is 4.86. The van der Waals surface area contributed by atoms with Gasteiger partial charge < -0.3 is 9.84 Å². The molecule has 0 aliphatic heterocycles. The van der Waals surface area contributed by atoms with Crippen molar-refractivity contribution in [1.82, 2.24) is 9.55 Å². The Kier molecular flexibility index (Phi) is 3.70. The first-order valence-electron chi connectivity index (χ1n) is 5.03. The Hall–Kier alpha value is -1.57. The lowest BCUT2D eigenvalue weighted by Crippen LogP contribution is -2.26. The van der Waals surface area contributed by atoms with Crippen molar-refractivity contribution in [2.45, 2.75) is 38.7 Å². The largest absolute Gasteiger partial charge is 0.443 e. The van der Waals surface area contributed by atoms with E-state index in [-0.39, 0.29) is 0 Å². The number of hydrogen-bond donors (Lipinski definition) is 1. The van der Waals surface area contributed by atoms with E-state index >= 15 is 0 Å². The van der Waals surface area contributed by atoms with Crippen molar-refractivity contribution in [2.75, 3.05) is 0 Å². The average Bonchev–Trinajstić information content (AvgIpc) is 2.60. The molecule has 0 radical (unpaired) electrons. The highest BCUT2D eigenvalue weighted by Gasteiger charge is 2.41. The molecule has 1 N–H and O–H groups in total. The minimum atomic E-state index is -4.83. The van der Waals surface area contributed by atoms with Crippen LogP contribution in [0.1, 0.15) is 32.6 Å². The van der Waals surface area contributed by atoms with Gasteiger partial charge in [-0.05, 0) is 20.8 Å². The van der Waals surface area contributed by atoms with Crippen LogP contribution in [0.15, 0.2) is 12.5 Å². The highest BCUT2D eigenvalue weighted by atomic mass is 19.4. The van der Waals surface area contributed by atoms with Gasteiger partial charge in [-0.15, -0.1) is 0 Å². The fraction of sp³-hybridized carbons (Fsp3) is 0.600. The van der Waals surface area contributed by atoms with Crippen LogP contribution in [0.25, 0.3) is 0 Å². The van der Waals surface area contributed by atoms with Gasteiger partial charge in [-0.2, -0.15) is 13.2 Å². The van der Waals surface area contributed by atoms with Gasteiger partial charge in [0.1, 0.15) is 11.9 Å². The van der Waals surface area contributed by atoms with Crippen LogP contribution in [0.4, 0.5) is 18.0 Å². The first-order valence-corrected chi connectivity index (χ1v) is 5.03. The maximum absolute atomic E-state index is 12.2. The first kappa shape index (κ1) is 14.5. The molecular weight excluding hydrogens is 253 g/mol. The van der Waals surface area contributed by atoms with E-state index < -0.39 is 29.7 Å². The molecule has 18 heavy (non-hydrogen) atoms. The summed E-state index contributed by atoms with van der Waals surface area (Å²) < 4.78 is 42.3. The Morgan fingerprint density at radius 1 is 1.44 bits per heavy atom. The van der Waals surface area contributed by atoms with Crippen LogP contribution in [0.5, 0.6) is 0 Å². The lowest BCUT2D eigenvalue weighted by Gasteiger charge is -2.19. The van der Waals surface area contributed by atoms with E-state index in [0.717, 1.165) is 17.1 Å². The third-order valence-electron chi connectivity index (χ3n) is 1.80. The molecule has 1 rings (SSSR count). The second-order valence-corrected chi connectivity index (χ2v) is 4.63. The number of ether oxygens (including phenoxy) is 1. The average molecular weight is 266 g/mol. The number of halogens is 3. The SMILES string of the molecule is CC(C)(C)OC(=O)n1cnc([C@@H](O)C(F)(F)F)c1. The van der Waals surface area contributed by atoms with Crippen LogP contribution in [-0.4, -0.2) is 32.5 Å². The Morgan fingerprint density at radius 3 is 2.44 bits per heavy atom. The summed E-state index contributed by atoms with van der Waals surface area (Å²) in [6.07, 6.45) is -6.77. The van der Waals surface area contributed by atoms with E-state index in [1.807, 2.05) is 0 Å². The van der Waals surface area contributed by atoms with Gasteiger partial charge in [0, 0.05) is 6.20 Å². The van der Waals surface area contributed by atoms with Crippen molar-refractivity contribution in [3.63, 3.8) is 0 Å². The highest BCUT2D eigenvalue weighted by Crippen LogP contribution is 2.31. The summed E-state index contributed by atoms with van der Waals surface area (Å²) in [5.41, 5.74) is -1.43. The number of carbonyl (C=O) groups is 1. The number of aromatic nitrogens is 2. The summed E-state index contributed by atoms with van der Waals surface area (Å²) in [6, 6.07) is 0. The zero-order chi connectivity index (χ0) is 14.1. The normalized spacial score (nSPS) is 14.4. The maximum atomic E-state index is 12.2. The van der Waals surface area contributed by atoms with Crippen molar-refractivity contribution in [1.29, 1.82) is 0 Å². The zero-order valence-corrected chi connectivity index (χ0v) is 10.0. The molecule has 0 aliphatic rings. The maximum Gasteiger partial charge on any atom is 0.420 e. The molecule has 0 saturated carbocycles. The van der Waals surface area contributed by atoms with Gasteiger partial charge in [0.15, 0.2) is 6.10 Å². The predicted octanol–water partition coefficient (Wildman–Crippen LogP) is 2.26. The summed E-state index contributed by atoms with van der Waals surface area (Å²) >= 11 is 0. The van der Waals surface area contributed by atoms with Crippen LogP contribution in [0.3, 0.4) is 0 Å². The number of imidazole rings is 1. The summed E-state index contributed by atoms with van der Waals surface area (Å²) in [4.78, 5) is 14.8. The molecular formula is C10H13F3N2O3. The minimum Gasteiger partial charge on any atom is -0.443 e. The van der Waals surface area contributed by atoms with E-state index in [4.69, 9.17) is 9.84 Å². The number of alkyl halides is 3. The lowest BCUT2D eigenvalue weighted by molar-refractivity contribution is -0.207. The molecule has 0 aliphatic carbocycles. The molecule has 5 nitrogen and oxygen atoms in total. The van der Waals surface area contributed by atoms with Crippen LogP contribution in [-0.2, 0) is 4.74 Å². The van der Waals surface area contributed by atoms with Gasteiger partial charge in [0.25, 0.3) is 0 Å². The Bertz CT molecular complexity index is 434. The van der Waals surface area contributed by atoms with E-state index in [2.05, 4.69) is 4.98 Å². The summed E-state index contributed by atoms with van der Waals surface area (Å²) in [5, 5.41) is 8.93. The van der Waals surface area contributed by atoms with Gasteiger partial charge in [-0.3, -0.25) is 0 Å². The molecule has 0 fully saturated rings. The second kappa shape index (κ2) is 4.60. The predicted molar refractivity (Wildman–Crippen MR) is 54.9 cm³/mol. The lowest BCUT2D eigenvalue weighted by atomic mass is 10.2. The summed E-state index contributed by atoms with van der Waals surface area (Å²) in [5.74, 6) is 0. The molecule has 0 saturated heterocycles. The molecule has 8 heteroatoms. The first-order chi connectivity index (χ1) is 8.00. The molecule has 1 aromatic heterocycles. The van der Waals surface area contributed by atoms with E-state index in [1.165, 1.54) is 0 Å². The standard InChI is InChI=1S/C10H13F3N2O3/c1-9(2,3)18-8(17)15-4-6(14-5-15)7(16)10(11,12)13/h4-5,7,16H,1-3H3/t7-/m1/s1. The van der Waals surface area contributed by atoms with E-state index in [1.54, 1.807) is 20.8 Å². The minimum absolute atomic E-state index is 0.659. The zero-order valence-electron chi connectivity index (χ0n) is 10.0. The topological polar surface area (TPSA) is 64.4 Å². The van der Waals surface area contributed by atoms with Crippen molar-refractivity contribution >= 4 is 6.09 Å². The molecule has 0 spiro atoms. The number of aliphatic hydroxyl groups excluding tert-OH is 1. The van der Waals surface area contributed by atoms with Crippen LogP contribution >= 0.6 is 0 Å². The highest BCUT2D eigenvalue weighted by molar-refractivity contribution is 5.70. The third kappa shape index (κ3) is 3.73. The fourth-order valence-corrected chi connectivity index (χ4v) is 1.06. The molecule has 1 aromatic rings. The Balaban J connectivity index is 2.84. The van der Waals surface area contributed by atoms with Crippen LogP contribution in [0, 0.1) is 0 Å². The molecule has 102 valence electrons. The number of rotatable bonds is 1. The fourth-order valence-electron chi connectivity index (χ4n) is 1.06. The van der Waals surface area contributed by atoms with Crippen molar-refractivity contribution < 1.29 is 27.8 Å². The molecule has 0 amide bonds. The summed E-state index contributed by atoms with van der Waals surface area (Å²) in [7, 11) is 0. The van der Waals surface area contributed by atoms with Crippen molar-refractivity contribution in [3.8, 4) is 0 Å². The van der Waals surface area contributed by atoms with E-state index in [0.29, 0.717) is 0 Å². The van der Waals surface area contributed by atoms with Gasteiger partial charge in [-0.1, -0.05) is 0 Å². The quantitative estimate of drug-likeness (QED) is 0.846. The molecule has 0 aromatic carbocycles. The van der Waals surface area contributed by atoms with Crippen molar-refractivity contribution in [3.05, 3.63) is 18.2 Å². The van der Waals surface area contributed by atoms with Gasteiger partial charge in [0.05, 0.1) is 5.69 Å². The number of nitrogens with zero attached hydrogens (tertiary/aromatic N) is 2. The molecule has 1 atom stereocenters. The van der Waals surface area contributed by atoms with Crippen LogP contribution in [0.2, 0.25) is 0 Å². The second-order valence-electron chi connectivity index (χ2n) is 4.63. The Labute approximate surface area is 101 Å². The van der Waals surface area contributed by atoms with E-state index in [9.17, 15) is 18.0 Å². The Morgan fingerprint density at radius 2 is 2.00 bits per heavy atom. The number of aliphatic hydroxyl groups is 1. The van der Waals surface area contributed by atoms with Gasteiger partial charge >= 0.3 is 12.3 Å². The third-order valence-corrected chi connectivity index (χ3v) is 1.80.